The van der Waals surface area contributed by atoms with E-state index in [1.165, 1.54) is 18.3 Å². The maximum atomic E-state index is 12.3. The molecule has 0 fully saturated rings. The molecule has 0 aliphatic carbocycles. The van der Waals surface area contributed by atoms with Gasteiger partial charge in [-0.05, 0) is 25.0 Å². The smallest absolute Gasteiger partial charge is 0.341 e. The average Bonchev–Trinajstić information content (AvgIpc) is 2.92. The van der Waals surface area contributed by atoms with Crippen LogP contribution in [0.2, 0.25) is 0 Å². The molecule has 0 saturated heterocycles. The summed E-state index contributed by atoms with van der Waals surface area (Å²) in [6.07, 6.45) is 0. The fourth-order valence-corrected chi connectivity index (χ4v) is 3.40. The lowest BCUT2D eigenvalue weighted by atomic mass is 10.1. The number of anilines is 1. The molecule has 0 saturated carbocycles. The second-order valence-electron chi connectivity index (χ2n) is 5.96. The summed E-state index contributed by atoms with van der Waals surface area (Å²) < 4.78 is 4.99. The number of thiophene rings is 1. The number of carbonyl (C=O) groups excluding carboxylic acids is 4. The number of nitrogens with one attached hydrogen (secondary N) is 3. The second-order valence-corrected chi connectivity index (χ2v) is 7.19. The van der Waals surface area contributed by atoms with E-state index in [1.54, 1.807) is 6.92 Å². The predicted octanol–water partition coefficient (Wildman–Crippen LogP) is 2.51. The van der Waals surface area contributed by atoms with Crippen LogP contribution in [0, 0.1) is 13.8 Å². The third-order valence-corrected chi connectivity index (χ3v) is 4.88. The van der Waals surface area contributed by atoms with Crippen molar-refractivity contribution in [1.82, 2.24) is 10.6 Å². The highest BCUT2D eigenvalue weighted by molar-refractivity contribution is 7.16. The molecular weight excluding hydrogens is 382 g/mol. The number of carbonyl (C=O) groups is 4. The van der Waals surface area contributed by atoms with Gasteiger partial charge in [0.05, 0.1) is 5.56 Å². The first-order valence-electron chi connectivity index (χ1n) is 8.44. The van der Waals surface area contributed by atoms with Crippen LogP contribution in [0.4, 0.5) is 9.80 Å². The van der Waals surface area contributed by atoms with Gasteiger partial charge in [-0.2, -0.15) is 0 Å². The first kappa shape index (κ1) is 21.1. The Morgan fingerprint density at radius 2 is 1.75 bits per heavy atom. The third kappa shape index (κ3) is 5.92. The molecule has 4 amide bonds. The quantitative estimate of drug-likeness (QED) is 0.642. The van der Waals surface area contributed by atoms with Crippen LogP contribution < -0.4 is 16.0 Å². The Morgan fingerprint density at radius 1 is 1.07 bits per heavy atom. The molecule has 0 aliphatic rings. The monoisotopic (exact) mass is 403 g/mol. The summed E-state index contributed by atoms with van der Waals surface area (Å²) in [6.45, 7) is 4.51. The van der Waals surface area contributed by atoms with Gasteiger partial charge in [0.1, 0.15) is 5.00 Å². The molecule has 2 rings (SSSR count). The number of imide groups is 1. The second kappa shape index (κ2) is 9.65. The molecule has 0 bridgehead atoms. The molecule has 2 aromatic rings. The van der Waals surface area contributed by atoms with Gasteiger partial charge in [0.2, 0.25) is 5.91 Å². The predicted molar refractivity (Wildman–Crippen MR) is 105 cm³/mol. The van der Waals surface area contributed by atoms with Crippen LogP contribution >= 0.6 is 11.3 Å². The summed E-state index contributed by atoms with van der Waals surface area (Å²) in [4.78, 5) is 48.1. The molecule has 1 heterocycles. The molecule has 0 atom stereocenters. The summed E-state index contributed by atoms with van der Waals surface area (Å²) in [5.74, 6) is -1.82. The lowest BCUT2D eigenvalue weighted by molar-refractivity contribution is -0.123. The summed E-state index contributed by atoms with van der Waals surface area (Å²) in [5.41, 5.74) is 1.75. The zero-order valence-corrected chi connectivity index (χ0v) is 16.6. The summed E-state index contributed by atoms with van der Waals surface area (Å²) in [5, 5.41) is 7.58. The minimum atomic E-state index is -0.760. The Labute approximate surface area is 166 Å². The number of benzene rings is 1. The van der Waals surface area contributed by atoms with Crippen molar-refractivity contribution in [2.45, 2.75) is 27.3 Å². The number of amides is 4. The molecule has 9 heteroatoms. The maximum absolute atomic E-state index is 12.3. The lowest BCUT2D eigenvalue weighted by Crippen LogP contribution is -2.41. The molecule has 8 nitrogen and oxygen atoms in total. The minimum Gasteiger partial charge on any atom is -0.452 e. The van der Waals surface area contributed by atoms with Gasteiger partial charge in [-0.25, -0.2) is 9.59 Å². The highest BCUT2D eigenvalue weighted by atomic mass is 32.1. The standard InChI is InChI=1S/C19H21N3O5S/c1-11-12(2)28-17(21-13(3)23)16(11)18(25)27-10-15(24)22-19(26)20-9-14-7-5-4-6-8-14/h4-8H,9-10H2,1-3H3,(H,21,23)(H2,20,22,24,26). The topological polar surface area (TPSA) is 114 Å². The molecule has 1 aromatic carbocycles. The van der Waals surface area contributed by atoms with E-state index in [1.807, 2.05) is 37.3 Å². The molecule has 148 valence electrons. The van der Waals surface area contributed by atoms with Crippen molar-refractivity contribution in [3.63, 3.8) is 0 Å². The van der Waals surface area contributed by atoms with E-state index in [2.05, 4.69) is 16.0 Å². The minimum absolute atomic E-state index is 0.207. The van der Waals surface area contributed by atoms with Gasteiger partial charge in [-0.1, -0.05) is 30.3 Å². The van der Waals surface area contributed by atoms with Gasteiger partial charge in [0, 0.05) is 18.3 Å². The molecule has 0 spiro atoms. The Balaban J connectivity index is 1.86. The third-order valence-electron chi connectivity index (χ3n) is 3.76. The van der Waals surface area contributed by atoms with Crippen LogP contribution in [-0.4, -0.2) is 30.4 Å². The van der Waals surface area contributed by atoms with Crippen LogP contribution in [0.25, 0.3) is 0 Å². The highest BCUT2D eigenvalue weighted by Gasteiger charge is 2.22. The van der Waals surface area contributed by atoms with Crippen LogP contribution in [0.3, 0.4) is 0 Å². The number of urea groups is 1. The van der Waals surface area contributed by atoms with E-state index in [0.717, 1.165) is 10.4 Å². The first-order chi connectivity index (χ1) is 13.3. The Bertz CT molecular complexity index is 892. The van der Waals surface area contributed by atoms with Crippen LogP contribution in [0.1, 0.15) is 33.3 Å². The van der Waals surface area contributed by atoms with Crippen molar-refractivity contribution in [3.05, 3.63) is 51.9 Å². The number of esters is 1. The number of hydrogen-bond donors (Lipinski definition) is 3. The van der Waals surface area contributed by atoms with E-state index in [9.17, 15) is 19.2 Å². The summed E-state index contributed by atoms with van der Waals surface area (Å²) in [7, 11) is 0. The van der Waals surface area contributed by atoms with Gasteiger partial charge in [-0.3, -0.25) is 14.9 Å². The van der Waals surface area contributed by atoms with Crippen molar-refractivity contribution in [2.75, 3.05) is 11.9 Å². The molecule has 0 radical (unpaired) electrons. The van der Waals surface area contributed by atoms with Crippen LogP contribution in [0.15, 0.2) is 30.3 Å². The zero-order chi connectivity index (χ0) is 20.7. The molecule has 0 aliphatic heterocycles. The van der Waals surface area contributed by atoms with Gasteiger partial charge < -0.3 is 15.4 Å². The molecule has 3 N–H and O–H groups in total. The van der Waals surface area contributed by atoms with Gasteiger partial charge in [0.25, 0.3) is 5.91 Å². The Kier molecular flexibility index (Phi) is 7.28. The van der Waals surface area contributed by atoms with E-state index in [-0.39, 0.29) is 18.0 Å². The normalized spacial score (nSPS) is 10.1. The van der Waals surface area contributed by atoms with Gasteiger partial charge >= 0.3 is 12.0 Å². The van der Waals surface area contributed by atoms with Gasteiger partial charge in [-0.15, -0.1) is 11.3 Å². The largest absolute Gasteiger partial charge is 0.452 e. The Morgan fingerprint density at radius 3 is 2.39 bits per heavy atom. The fraction of sp³-hybridized carbons (Fsp3) is 0.263. The van der Waals surface area contributed by atoms with Crippen molar-refractivity contribution in [1.29, 1.82) is 0 Å². The van der Waals surface area contributed by atoms with E-state index >= 15 is 0 Å². The van der Waals surface area contributed by atoms with Crippen LogP contribution in [-0.2, 0) is 20.9 Å². The van der Waals surface area contributed by atoms with Crippen molar-refractivity contribution in [2.24, 2.45) is 0 Å². The molecular formula is C19H21N3O5S. The SMILES string of the molecule is CC(=O)Nc1sc(C)c(C)c1C(=O)OCC(=O)NC(=O)NCc1ccccc1. The average molecular weight is 403 g/mol. The number of aryl methyl sites for hydroxylation is 1. The first-order valence-corrected chi connectivity index (χ1v) is 9.26. The molecule has 28 heavy (non-hydrogen) atoms. The number of hydrogen-bond acceptors (Lipinski definition) is 6. The Hall–Kier alpha value is -3.20. The zero-order valence-electron chi connectivity index (χ0n) is 15.8. The van der Waals surface area contributed by atoms with E-state index in [0.29, 0.717) is 10.6 Å². The fourth-order valence-electron chi connectivity index (χ4n) is 2.31. The van der Waals surface area contributed by atoms with E-state index < -0.39 is 24.5 Å². The number of rotatable bonds is 6. The van der Waals surface area contributed by atoms with Crippen molar-refractivity contribution >= 4 is 40.2 Å². The molecule has 1 aromatic heterocycles. The summed E-state index contributed by atoms with van der Waals surface area (Å²) >= 11 is 1.25. The van der Waals surface area contributed by atoms with Crippen molar-refractivity contribution < 1.29 is 23.9 Å². The van der Waals surface area contributed by atoms with Crippen molar-refractivity contribution in [3.8, 4) is 0 Å². The number of ether oxygens (including phenoxy) is 1. The highest BCUT2D eigenvalue weighted by Crippen LogP contribution is 2.32. The van der Waals surface area contributed by atoms with Gasteiger partial charge in [0.15, 0.2) is 6.61 Å². The van der Waals surface area contributed by atoms with E-state index in [4.69, 9.17) is 4.74 Å². The van der Waals surface area contributed by atoms with Crippen LogP contribution in [0.5, 0.6) is 0 Å². The molecule has 0 unspecified atom stereocenters. The summed E-state index contributed by atoms with van der Waals surface area (Å²) in [6, 6.07) is 8.51. The lowest BCUT2D eigenvalue weighted by Gasteiger charge is -2.09. The maximum Gasteiger partial charge on any atom is 0.341 e.